The molecule has 0 fully saturated rings. The molecule has 0 radical (unpaired) electrons. The average molecular weight is 316 g/mol. The molecule has 0 aliphatic carbocycles. The molecule has 0 atom stereocenters. The molecule has 0 amide bonds. The van der Waals surface area contributed by atoms with Crippen LogP contribution in [0.5, 0.6) is 0 Å². The van der Waals surface area contributed by atoms with Crippen molar-refractivity contribution in [1.82, 2.24) is 0 Å². The summed E-state index contributed by atoms with van der Waals surface area (Å²) in [6.07, 6.45) is 0. The van der Waals surface area contributed by atoms with E-state index in [1.165, 1.54) is 0 Å². The smallest absolute Gasteiger partial charge is 0.193 e. The highest BCUT2D eigenvalue weighted by Crippen LogP contribution is 2.20. The standard InChI is InChI=1S/C15H10BrNO2/c16-14-6-5-12(7-13(14)9-18)15(19)11-3-1-10(8-17)2-4-11/h1-7,18H,9H2. The molecule has 0 aliphatic rings. The van der Waals surface area contributed by atoms with Gasteiger partial charge in [-0.1, -0.05) is 15.9 Å². The summed E-state index contributed by atoms with van der Waals surface area (Å²) in [6.45, 7) is -0.130. The fraction of sp³-hybridized carbons (Fsp3) is 0.0667. The number of halogens is 1. The van der Waals surface area contributed by atoms with Gasteiger partial charge in [-0.05, 0) is 48.0 Å². The lowest BCUT2D eigenvalue weighted by Gasteiger charge is -2.05. The minimum absolute atomic E-state index is 0.130. The van der Waals surface area contributed by atoms with Crippen molar-refractivity contribution in [2.75, 3.05) is 0 Å². The van der Waals surface area contributed by atoms with Gasteiger partial charge in [-0.2, -0.15) is 5.26 Å². The predicted molar refractivity (Wildman–Crippen MR) is 74.7 cm³/mol. The third-order valence-corrected chi connectivity index (χ3v) is 3.53. The second-order valence-corrected chi connectivity index (χ2v) is 4.84. The molecule has 0 heterocycles. The van der Waals surface area contributed by atoms with Gasteiger partial charge in [0.15, 0.2) is 5.78 Å². The van der Waals surface area contributed by atoms with Crippen LogP contribution in [0.15, 0.2) is 46.9 Å². The number of benzene rings is 2. The van der Waals surface area contributed by atoms with Crippen molar-refractivity contribution in [3.05, 3.63) is 69.2 Å². The molecule has 19 heavy (non-hydrogen) atoms. The minimum atomic E-state index is -0.133. The number of aliphatic hydroxyl groups excluding tert-OH is 1. The second-order valence-electron chi connectivity index (χ2n) is 3.98. The molecular weight excluding hydrogens is 306 g/mol. The lowest BCUT2D eigenvalue weighted by molar-refractivity contribution is 0.103. The molecule has 0 unspecified atom stereocenters. The maximum atomic E-state index is 12.2. The van der Waals surface area contributed by atoms with E-state index in [9.17, 15) is 9.90 Å². The highest BCUT2D eigenvalue weighted by molar-refractivity contribution is 9.10. The Balaban J connectivity index is 2.35. The summed E-state index contributed by atoms with van der Waals surface area (Å²) in [5.74, 6) is -0.133. The molecule has 2 rings (SSSR count). The molecule has 4 heteroatoms. The van der Waals surface area contributed by atoms with Gasteiger partial charge in [-0.15, -0.1) is 0 Å². The largest absolute Gasteiger partial charge is 0.392 e. The summed E-state index contributed by atoms with van der Waals surface area (Å²) in [5.41, 5.74) is 2.21. The summed E-state index contributed by atoms with van der Waals surface area (Å²) >= 11 is 3.31. The van der Waals surface area contributed by atoms with Crippen LogP contribution in [0, 0.1) is 11.3 Å². The van der Waals surface area contributed by atoms with Crippen LogP contribution in [0.4, 0.5) is 0 Å². The molecule has 2 aromatic rings. The van der Waals surface area contributed by atoms with E-state index in [2.05, 4.69) is 15.9 Å². The number of ketones is 1. The van der Waals surface area contributed by atoms with Crippen LogP contribution in [-0.4, -0.2) is 10.9 Å². The van der Waals surface area contributed by atoms with Crippen molar-refractivity contribution in [3.63, 3.8) is 0 Å². The van der Waals surface area contributed by atoms with Crippen LogP contribution in [0.1, 0.15) is 27.0 Å². The Labute approximate surface area is 119 Å². The van der Waals surface area contributed by atoms with Crippen molar-refractivity contribution >= 4 is 21.7 Å². The van der Waals surface area contributed by atoms with E-state index in [-0.39, 0.29) is 12.4 Å². The Morgan fingerprint density at radius 1 is 1.16 bits per heavy atom. The van der Waals surface area contributed by atoms with Crippen LogP contribution >= 0.6 is 15.9 Å². The van der Waals surface area contributed by atoms with Gasteiger partial charge in [0.1, 0.15) is 0 Å². The zero-order valence-corrected chi connectivity index (χ0v) is 11.5. The van der Waals surface area contributed by atoms with E-state index in [0.29, 0.717) is 22.3 Å². The van der Waals surface area contributed by atoms with E-state index in [0.717, 1.165) is 4.47 Å². The lowest BCUT2D eigenvalue weighted by Crippen LogP contribution is -2.02. The van der Waals surface area contributed by atoms with Crippen LogP contribution in [0.3, 0.4) is 0 Å². The normalized spacial score (nSPS) is 9.95. The van der Waals surface area contributed by atoms with Gasteiger partial charge in [-0.25, -0.2) is 0 Å². The molecule has 3 nitrogen and oxygen atoms in total. The maximum absolute atomic E-state index is 12.2. The topological polar surface area (TPSA) is 61.1 Å². The zero-order chi connectivity index (χ0) is 13.8. The first-order valence-electron chi connectivity index (χ1n) is 5.60. The Bertz CT molecular complexity index is 657. The molecule has 0 saturated heterocycles. The van der Waals surface area contributed by atoms with Gasteiger partial charge in [0.25, 0.3) is 0 Å². The third-order valence-electron chi connectivity index (χ3n) is 2.75. The number of nitriles is 1. The molecule has 1 N–H and O–H groups in total. The van der Waals surface area contributed by atoms with Gasteiger partial charge >= 0.3 is 0 Å². The van der Waals surface area contributed by atoms with Crippen molar-refractivity contribution in [1.29, 1.82) is 5.26 Å². The number of hydrogen-bond donors (Lipinski definition) is 1. The van der Waals surface area contributed by atoms with E-state index in [4.69, 9.17) is 5.26 Å². The van der Waals surface area contributed by atoms with E-state index in [1.54, 1.807) is 42.5 Å². The molecule has 2 aromatic carbocycles. The van der Waals surface area contributed by atoms with Crippen molar-refractivity contribution in [2.24, 2.45) is 0 Å². The van der Waals surface area contributed by atoms with Crippen molar-refractivity contribution in [3.8, 4) is 6.07 Å². The number of nitrogens with zero attached hydrogens (tertiary/aromatic N) is 1. The Morgan fingerprint density at radius 3 is 2.37 bits per heavy atom. The van der Waals surface area contributed by atoms with Crippen LogP contribution in [0.2, 0.25) is 0 Å². The van der Waals surface area contributed by atoms with Crippen LogP contribution < -0.4 is 0 Å². The highest BCUT2D eigenvalue weighted by atomic mass is 79.9. The van der Waals surface area contributed by atoms with Gasteiger partial charge in [0.05, 0.1) is 18.2 Å². The number of aliphatic hydroxyl groups is 1. The Morgan fingerprint density at radius 2 is 1.79 bits per heavy atom. The fourth-order valence-electron chi connectivity index (χ4n) is 1.70. The first-order valence-corrected chi connectivity index (χ1v) is 6.39. The van der Waals surface area contributed by atoms with Gasteiger partial charge in [0.2, 0.25) is 0 Å². The third kappa shape index (κ3) is 2.90. The number of carbonyl (C=O) groups excluding carboxylic acids is 1. The SMILES string of the molecule is N#Cc1ccc(C(=O)c2ccc(Br)c(CO)c2)cc1. The Kier molecular flexibility index (Phi) is 4.10. The number of rotatable bonds is 3. The lowest BCUT2D eigenvalue weighted by atomic mass is 10.0. The summed E-state index contributed by atoms with van der Waals surface area (Å²) in [5, 5.41) is 17.9. The predicted octanol–water partition coefficient (Wildman–Crippen LogP) is 3.04. The summed E-state index contributed by atoms with van der Waals surface area (Å²) < 4.78 is 0.770. The number of carbonyl (C=O) groups is 1. The molecule has 0 bridgehead atoms. The van der Waals surface area contributed by atoms with E-state index < -0.39 is 0 Å². The zero-order valence-electron chi connectivity index (χ0n) is 9.93. The van der Waals surface area contributed by atoms with Crippen LogP contribution in [-0.2, 0) is 6.61 Å². The second kappa shape index (κ2) is 5.79. The molecule has 94 valence electrons. The first kappa shape index (κ1) is 13.5. The van der Waals surface area contributed by atoms with Gasteiger partial charge < -0.3 is 5.11 Å². The van der Waals surface area contributed by atoms with Crippen LogP contribution in [0.25, 0.3) is 0 Å². The molecular formula is C15H10BrNO2. The van der Waals surface area contributed by atoms with Crippen molar-refractivity contribution in [2.45, 2.75) is 6.61 Å². The quantitative estimate of drug-likeness (QED) is 0.885. The maximum Gasteiger partial charge on any atom is 0.193 e. The fourth-order valence-corrected chi connectivity index (χ4v) is 2.07. The highest BCUT2D eigenvalue weighted by Gasteiger charge is 2.11. The van der Waals surface area contributed by atoms with E-state index in [1.807, 2.05) is 6.07 Å². The van der Waals surface area contributed by atoms with E-state index >= 15 is 0 Å². The molecule has 0 aromatic heterocycles. The molecule has 0 aliphatic heterocycles. The van der Waals surface area contributed by atoms with Gasteiger partial charge in [-0.3, -0.25) is 4.79 Å². The van der Waals surface area contributed by atoms with Crippen molar-refractivity contribution < 1.29 is 9.90 Å². The molecule has 0 spiro atoms. The summed E-state index contributed by atoms with van der Waals surface area (Å²) in [6, 6.07) is 13.6. The molecule has 0 saturated carbocycles. The summed E-state index contributed by atoms with van der Waals surface area (Å²) in [4.78, 5) is 12.2. The first-order chi connectivity index (χ1) is 9.15. The summed E-state index contributed by atoms with van der Waals surface area (Å²) in [7, 11) is 0. The number of hydrogen-bond acceptors (Lipinski definition) is 3. The van der Waals surface area contributed by atoms with Gasteiger partial charge in [0, 0.05) is 15.6 Å². The average Bonchev–Trinajstić information content (AvgIpc) is 2.47. The Hall–Kier alpha value is -1.96. The monoisotopic (exact) mass is 315 g/mol. The minimum Gasteiger partial charge on any atom is -0.392 e.